The van der Waals surface area contributed by atoms with Gasteiger partial charge in [0.2, 0.25) is 6.10 Å². The minimum atomic E-state index is -4.52. The Bertz CT molecular complexity index is 617. The maximum Gasteiger partial charge on any atom is 0.433 e. The van der Waals surface area contributed by atoms with Crippen LogP contribution in [0.3, 0.4) is 0 Å². The first-order valence-electron chi connectivity index (χ1n) is 7.20. The number of rotatable bonds is 5. The molecule has 1 amide bonds. The van der Waals surface area contributed by atoms with E-state index in [9.17, 15) is 18.0 Å². The van der Waals surface area contributed by atoms with E-state index in [-0.39, 0.29) is 30.4 Å². The van der Waals surface area contributed by atoms with E-state index in [1.807, 2.05) is 6.92 Å². The molecular weight excluding hydrogens is 313 g/mol. The number of aromatic nitrogens is 2. The summed E-state index contributed by atoms with van der Waals surface area (Å²) in [6.45, 7) is 3.51. The van der Waals surface area contributed by atoms with E-state index in [0.29, 0.717) is 12.8 Å². The molecule has 0 bridgehead atoms. The van der Waals surface area contributed by atoms with Crippen LogP contribution in [0.2, 0.25) is 0 Å². The van der Waals surface area contributed by atoms with Crippen LogP contribution in [0.4, 0.5) is 13.2 Å². The molecule has 2 rings (SSSR count). The van der Waals surface area contributed by atoms with Gasteiger partial charge in [0, 0.05) is 25.1 Å². The lowest BCUT2D eigenvalue weighted by atomic mass is 10.1. The van der Waals surface area contributed by atoms with E-state index in [4.69, 9.17) is 4.84 Å². The topological polar surface area (TPSA) is 76.5 Å². The Hall–Kier alpha value is -2.19. The predicted molar refractivity (Wildman–Crippen MR) is 75.7 cm³/mol. The maximum atomic E-state index is 12.7. The molecule has 0 unspecified atom stereocenters. The largest absolute Gasteiger partial charge is 0.433 e. The summed E-state index contributed by atoms with van der Waals surface area (Å²) in [4.78, 5) is 24.3. The van der Waals surface area contributed by atoms with Crippen LogP contribution in [0.25, 0.3) is 0 Å². The molecule has 1 aromatic heterocycles. The van der Waals surface area contributed by atoms with Gasteiger partial charge in [-0.2, -0.15) is 13.2 Å². The second-order valence-electron chi connectivity index (χ2n) is 5.16. The van der Waals surface area contributed by atoms with Crippen LogP contribution in [0.5, 0.6) is 0 Å². The van der Waals surface area contributed by atoms with Gasteiger partial charge in [0.15, 0.2) is 0 Å². The van der Waals surface area contributed by atoms with Crippen LogP contribution in [-0.4, -0.2) is 34.2 Å². The summed E-state index contributed by atoms with van der Waals surface area (Å²) in [6.07, 6.45) is -3.95. The Kier molecular flexibility index (Phi) is 5.17. The van der Waals surface area contributed by atoms with Crippen molar-refractivity contribution in [2.75, 3.05) is 6.54 Å². The number of nitrogens with zero attached hydrogens (tertiary/aromatic N) is 3. The van der Waals surface area contributed by atoms with Gasteiger partial charge in [-0.1, -0.05) is 12.1 Å². The molecule has 0 aromatic carbocycles. The number of nitrogens with one attached hydrogen (secondary N) is 1. The van der Waals surface area contributed by atoms with Gasteiger partial charge in [0.25, 0.3) is 5.91 Å². The van der Waals surface area contributed by atoms with Crippen molar-refractivity contribution in [3.63, 3.8) is 0 Å². The number of oxime groups is 1. The van der Waals surface area contributed by atoms with Gasteiger partial charge in [-0.15, -0.1) is 0 Å². The van der Waals surface area contributed by atoms with Crippen molar-refractivity contribution in [2.24, 2.45) is 5.16 Å². The molecule has 23 heavy (non-hydrogen) atoms. The highest BCUT2D eigenvalue weighted by Gasteiger charge is 2.33. The quantitative estimate of drug-likeness (QED) is 0.896. The molecule has 6 nitrogen and oxygen atoms in total. The Morgan fingerprint density at radius 3 is 2.78 bits per heavy atom. The van der Waals surface area contributed by atoms with Crippen molar-refractivity contribution >= 4 is 11.6 Å². The number of alkyl halides is 3. The molecule has 0 aliphatic carbocycles. The third-order valence-corrected chi connectivity index (χ3v) is 3.27. The zero-order chi connectivity index (χ0) is 17.0. The zero-order valence-corrected chi connectivity index (χ0v) is 12.8. The van der Waals surface area contributed by atoms with Crippen molar-refractivity contribution in [3.05, 3.63) is 23.3 Å². The van der Waals surface area contributed by atoms with Crippen LogP contribution < -0.4 is 5.32 Å². The molecule has 1 aromatic rings. The SMILES string of the molecule is CCC1=NO[C@@H](C(=O)NCCc2nc(C)cc(C(F)(F)F)n2)C1. The lowest BCUT2D eigenvalue weighted by Gasteiger charge is -2.11. The lowest BCUT2D eigenvalue weighted by molar-refractivity contribution is -0.141. The molecule has 9 heteroatoms. The summed E-state index contributed by atoms with van der Waals surface area (Å²) in [5.41, 5.74) is 0.0576. The molecule has 0 saturated carbocycles. The van der Waals surface area contributed by atoms with Gasteiger partial charge in [0.05, 0.1) is 5.71 Å². The fourth-order valence-corrected chi connectivity index (χ4v) is 2.07. The van der Waals surface area contributed by atoms with Crippen LogP contribution in [0.1, 0.15) is 37.0 Å². The molecule has 0 saturated heterocycles. The monoisotopic (exact) mass is 330 g/mol. The van der Waals surface area contributed by atoms with Crippen molar-refractivity contribution in [2.45, 2.75) is 45.4 Å². The van der Waals surface area contributed by atoms with Crippen molar-refractivity contribution in [1.82, 2.24) is 15.3 Å². The van der Waals surface area contributed by atoms with E-state index in [1.54, 1.807) is 0 Å². The first kappa shape index (κ1) is 17.2. The van der Waals surface area contributed by atoms with E-state index in [0.717, 1.165) is 11.8 Å². The molecule has 1 atom stereocenters. The average Bonchev–Trinajstić information content (AvgIpc) is 2.94. The summed E-state index contributed by atoms with van der Waals surface area (Å²) in [6, 6.07) is 0.887. The van der Waals surface area contributed by atoms with E-state index < -0.39 is 18.0 Å². The summed E-state index contributed by atoms with van der Waals surface area (Å²) in [7, 11) is 0. The van der Waals surface area contributed by atoms with Crippen molar-refractivity contribution in [1.29, 1.82) is 0 Å². The number of aryl methyl sites for hydroxylation is 1. The van der Waals surface area contributed by atoms with Gasteiger partial charge in [-0.05, 0) is 19.4 Å². The highest BCUT2D eigenvalue weighted by Crippen LogP contribution is 2.27. The highest BCUT2D eigenvalue weighted by molar-refractivity contribution is 5.92. The summed E-state index contributed by atoms with van der Waals surface area (Å²) >= 11 is 0. The van der Waals surface area contributed by atoms with Crippen LogP contribution in [-0.2, 0) is 22.2 Å². The Balaban J connectivity index is 1.87. The Morgan fingerprint density at radius 2 is 2.17 bits per heavy atom. The summed E-state index contributed by atoms with van der Waals surface area (Å²) in [5, 5.41) is 6.38. The number of carbonyl (C=O) groups is 1. The van der Waals surface area contributed by atoms with Gasteiger partial charge in [-0.3, -0.25) is 4.79 Å². The third kappa shape index (κ3) is 4.64. The fourth-order valence-electron chi connectivity index (χ4n) is 2.07. The molecular formula is C14H17F3N4O2. The molecule has 0 spiro atoms. The number of amides is 1. The Morgan fingerprint density at radius 1 is 1.43 bits per heavy atom. The van der Waals surface area contributed by atoms with Crippen LogP contribution >= 0.6 is 0 Å². The van der Waals surface area contributed by atoms with Gasteiger partial charge in [-0.25, -0.2) is 9.97 Å². The van der Waals surface area contributed by atoms with Crippen molar-refractivity contribution in [3.8, 4) is 0 Å². The molecule has 2 heterocycles. The fraction of sp³-hybridized carbons (Fsp3) is 0.571. The third-order valence-electron chi connectivity index (χ3n) is 3.27. The first-order chi connectivity index (χ1) is 10.8. The van der Waals surface area contributed by atoms with E-state index in [2.05, 4.69) is 20.4 Å². The highest BCUT2D eigenvalue weighted by atomic mass is 19.4. The normalized spacial score (nSPS) is 17.6. The van der Waals surface area contributed by atoms with Crippen LogP contribution in [0.15, 0.2) is 11.2 Å². The first-order valence-corrected chi connectivity index (χ1v) is 7.20. The minimum Gasteiger partial charge on any atom is -0.382 e. The van der Waals surface area contributed by atoms with E-state index >= 15 is 0 Å². The number of halogens is 3. The van der Waals surface area contributed by atoms with E-state index in [1.165, 1.54) is 6.92 Å². The zero-order valence-electron chi connectivity index (χ0n) is 12.8. The predicted octanol–water partition coefficient (Wildman–Crippen LogP) is 2.02. The van der Waals surface area contributed by atoms with Gasteiger partial charge in [0.1, 0.15) is 11.5 Å². The molecule has 1 N–H and O–H groups in total. The lowest BCUT2D eigenvalue weighted by Crippen LogP contribution is -2.36. The molecule has 1 aliphatic heterocycles. The smallest absolute Gasteiger partial charge is 0.382 e. The maximum absolute atomic E-state index is 12.7. The Labute approximate surface area is 131 Å². The summed E-state index contributed by atoms with van der Waals surface area (Å²) < 4.78 is 38.1. The number of hydrogen-bond acceptors (Lipinski definition) is 5. The van der Waals surface area contributed by atoms with Gasteiger partial charge >= 0.3 is 6.18 Å². The molecule has 0 fully saturated rings. The van der Waals surface area contributed by atoms with Crippen LogP contribution in [0, 0.1) is 6.92 Å². The second-order valence-corrected chi connectivity index (χ2v) is 5.16. The summed E-state index contributed by atoms with van der Waals surface area (Å²) in [5.74, 6) is -0.309. The number of carbonyl (C=O) groups excluding carboxylic acids is 1. The molecule has 1 aliphatic rings. The average molecular weight is 330 g/mol. The van der Waals surface area contributed by atoms with Gasteiger partial charge < -0.3 is 10.2 Å². The molecule has 0 radical (unpaired) electrons. The van der Waals surface area contributed by atoms with Crippen molar-refractivity contribution < 1.29 is 22.8 Å². The molecule has 126 valence electrons. The minimum absolute atomic E-state index is 0.0375. The second kappa shape index (κ2) is 6.93. The standard InChI is InChI=1S/C14H17F3N4O2/c1-3-9-7-10(23-21-9)13(22)18-5-4-12-19-8(2)6-11(20-12)14(15,16)17/h6,10H,3-5,7H2,1-2H3,(H,18,22)/t10-/m1/s1. The number of hydrogen-bond donors (Lipinski definition) is 1.